The molecule has 16 heavy (non-hydrogen) atoms. The lowest BCUT2D eigenvalue weighted by Gasteiger charge is -2.50. The number of morpholine rings is 1. The highest BCUT2D eigenvalue weighted by molar-refractivity contribution is 5.00. The normalized spacial score (nSPS) is 42.9. The lowest BCUT2D eigenvalue weighted by atomic mass is 9.77. The van der Waals surface area contributed by atoms with Gasteiger partial charge in [0.15, 0.2) is 0 Å². The molecule has 92 valence electrons. The molecule has 1 N–H and O–H groups in total. The number of hydrogen-bond donors (Lipinski definition) is 1. The molecule has 2 aliphatic carbocycles. The first-order valence-electron chi connectivity index (χ1n) is 7.13. The molecule has 2 spiro atoms. The van der Waals surface area contributed by atoms with E-state index in [-0.39, 0.29) is 11.2 Å². The maximum Gasteiger partial charge on any atom is 0.0817 e. The molecule has 3 fully saturated rings. The maximum absolute atomic E-state index is 6.67. The first kappa shape index (κ1) is 11.0. The zero-order valence-electron chi connectivity index (χ0n) is 10.6. The van der Waals surface area contributed by atoms with Gasteiger partial charge in [-0.1, -0.05) is 32.6 Å². The van der Waals surface area contributed by atoms with Crippen LogP contribution in [0.3, 0.4) is 0 Å². The smallest absolute Gasteiger partial charge is 0.0817 e. The Hall–Kier alpha value is -0.0800. The predicted molar refractivity (Wildman–Crippen MR) is 65.5 cm³/mol. The Balaban J connectivity index is 1.75. The molecule has 0 aromatic rings. The van der Waals surface area contributed by atoms with E-state index in [0.717, 1.165) is 19.0 Å². The van der Waals surface area contributed by atoms with Crippen LogP contribution in [0.5, 0.6) is 0 Å². The third kappa shape index (κ3) is 1.91. The van der Waals surface area contributed by atoms with Crippen molar-refractivity contribution in [2.24, 2.45) is 5.92 Å². The van der Waals surface area contributed by atoms with Crippen LogP contribution in [-0.2, 0) is 4.74 Å². The number of ether oxygens (including phenoxy) is 1. The van der Waals surface area contributed by atoms with Crippen LogP contribution < -0.4 is 5.32 Å². The van der Waals surface area contributed by atoms with E-state index < -0.39 is 0 Å². The van der Waals surface area contributed by atoms with Gasteiger partial charge in [-0.3, -0.25) is 0 Å². The van der Waals surface area contributed by atoms with Crippen molar-refractivity contribution in [3.63, 3.8) is 0 Å². The lowest BCUT2D eigenvalue weighted by Crippen LogP contribution is -2.60. The first-order valence-corrected chi connectivity index (χ1v) is 7.13. The topological polar surface area (TPSA) is 21.3 Å². The highest BCUT2D eigenvalue weighted by Crippen LogP contribution is 2.44. The SMILES string of the molecule is CC1CCCC2(CNCC3(CCCC3)O2)C1. The van der Waals surface area contributed by atoms with Crippen molar-refractivity contribution in [2.45, 2.75) is 69.5 Å². The van der Waals surface area contributed by atoms with Gasteiger partial charge in [-0.2, -0.15) is 0 Å². The van der Waals surface area contributed by atoms with Crippen molar-refractivity contribution in [1.29, 1.82) is 0 Å². The summed E-state index contributed by atoms with van der Waals surface area (Å²) in [6, 6.07) is 0. The molecule has 0 amide bonds. The van der Waals surface area contributed by atoms with Crippen LogP contribution in [0.4, 0.5) is 0 Å². The lowest BCUT2D eigenvalue weighted by molar-refractivity contribution is -0.193. The fourth-order valence-corrected chi connectivity index (χ4v) is 4.21. The van der Waals surface area contributed by atoms with Gasteiger partial charge in [0.05, 0.1) is 11.2 Å². The molecule has 0 aromatic carbocycles. The van der Waals surface area contributed by atoms with Gasteiger partial charge in [0.1, 0.15) is 0 Å². The Morgan fingerprint density at radius 3 is 2.44 bits per heavy atom. The summed E-state index contributed by atoms with van der Waals surface area (Å²) in [4.78, 5) is 0. The second-order valence-corrected chi connectivity index (χ2v) is 6.48. The van der Waals surface area contributed by atoms with Crippen molar-refractivity contribution >= 4 is 0 Å². The van der Waals surface area contributed by atoms with Crippen molar-refractivity contribution < 1.29 is 4.74 Å². The minimum absolute atomic E-state index is 0.195. The molecule has 1 saturated heterocycles. The highest BCUT2D eigenvalue weighted by Gasteiger charge is 2.48. The van der Waals surface area contributed by atoms with Crippen molar-refractivity contribution in [3.05, 3.63) is 0 Å². The Morgan fingerprint density at radius 1 is 1.00 bits per heavy atom. The van der Waals surface area contributed by atoms with Crippen molar-refractivity contribution in [2.75, 3.05) is 13.1 Å². The van der Waals surface area contributed by atoms with Gasteiger partial charge >= 0.3 is 0 Å². The maximum atomic E-state index is 6.67. The molecule has 2 saturated carbocycles. The molecule has 3 rings (SSSR count). The molecule has 3 aliphatic rings. The zero-order valence-corrected chi connectivity index (χ0v) is 10.6. The molecular weight excluding hydrogens is 198 g/mol. The van der Waals surface area contributed by atoms with Crippen LogP contribution >= 0.6 is 0 Å². The molecule has 1 heterocycles. The van der Waals surface area contributed by atoms with Gasteiger partial charge in [0.2, 0.25) is 0 Å². The number of hydrogen-bond acceptors (Lipinski definition) is 2. The average molecular weight is 223 g/mol. The third-order valence-corrected chi connectivity index (χ3v) is 4.89. The van der Waals surface area contributed by atoms with E-state index >= 15 is 0 Å². The Morgan fingerprint density at radius 2 is 1.69 bits per heavy atom. The van der Waals surface area contributed by atoms with Crippen LogP contribution in [-0.4, -0.2) is 24.3 Å². The minimum Gasteiger partial charge on any atom is -0.366 e. The summed E-state index contributed by atoms with van der Waals surface area (Å²) < 4.78 is 6.67. The summed E-state index contributed by atoms with van der Waals surface area (Å²) in [5, 5.41) is 3.67. The van der Waals surface area contributed by atoms with E-state index in [4.69, 9.17) is 4.74 Å². The summed E-state index contributed by atoms with van der Waals surface area (Å²) >= 11 is 0. The molecule has 0 bridgehead atoms. The molecule has 1 aliphatic heterocycles. The second-order valence-electron chi connectivity index (χ2n) is 6.48. The first-order chi connectivity index (χ1) is 7.72. The molecular formula is C14H25NO. The quantitative estimate of drug-likeness (QED) is 0.682. The summed E-state index contributed by atoms with van der Waals surface area (Å²) in [6.07, 6.45) is 10.6. The van der Waals surface area contributed by atoms with E-state index in [9.17, 15) is 0 Å². The minimum atomic E-state index is 0.195. The van der Waals surface area contributed by atoms with Crippen LogP contribution in [0.15, 0.2) is 0 Å². The third-order valence-electron chi connectivity index (χ3n) is 4.89. The highest BCUT2D eigenvalue weighted by atomic mass is 16.5. The van der Waals surface area contributed by atoms with E-state index in [1.54, 1.807) is 0 Å². The summed E-state index contributed by atoms with van der Waals surface area (Å²) in [5.74, 6) is 0.854. The molecule has 2 atom stereocenters. The van der Waals surface area contributed by atoms with Gasteiger partial charge in [0.25, 0.3) is 0 Å². The molecule has 2 unspecified atom stereocenters. The molecule has 0 radical (unpaired) electrons. The monoisotopic (exact) mass is 223 g/mol. The van der Waals surface area contributed by atoms with E-state index in [2.05, 4.69) is 12.2 Å². The van der Waals surface area contributed by atoms with Gasteiger partial charge in [-0.25, -0.2) is 0 Å². The Bertz CT molecular complexity index is 255. The fraction of sp³-hybridized carbons (Fsp3) is 1.00. The van der Waals surface area contributed by atoms with Gasteiger partial charge < -0.3 is 10.1 Å². The van der Waals surface area contributed by atoms with Crippen molar-refractivity contribution in [1.82, 2.24) is 5.32 Å². The van der Waals surface area contributed by atoms with E-state index in [1.807, 2.05) is 0 Å². The van der Waals surface area contributed by atoms with Crippen molar-refractivity contribution in [3.8, 4) is 0 Å². The van der Waals surface area contributed by atoms with Crippen LogP contribution in [0, 0.1) is 5.92 Å². The average Bonchev–Trinajstić information content (AvgIpc) is 2.65. The molecule has 0 aromatic heterocycles. The molecule has 2 heteroatoms. The standard InChI is InChI=1S/C14H25NO/c1-12-5-4-8-14(9-12)11-15-10-13(16-14)6-2-3-7-13/h12,15H,2-11H2,1H3. The van der Waals surface area contributed by atoms with E-state index in [1.165, 1.54) is 51.4 Å². The van der Waals surface area contributed by atoms with Gasteiger partial charge in [0, 0.05) is 13.1 Å². The summed E-state index contributed by atoms with van der Waals surface area (Å²) in [5.41, 5.74) is 0.412. The summed E-state index contributed by atoms with van der Waals surface area (Å²) in [7, 11) is 0. The second kappa shape index (κ2) is 3.99. The fourth-order valence-electron chi connectivity index (χ4n) is 4.21. The number of rotatable bonds is 0. The Labute approximate surface area is 99.1 Å². The Kier molecular flexibility index (Phi) is 2.75. The number of nitrogens with one attached hydrogen (secondary N) is 1. The van der Waals surface area contributed by atoms with Crippen LogP contribution in [0.2, 0.25) is 0 Å². The zero-order chi connectivity index (χ0) is 11.1. The van der Waals surface area contributed by atoms with Gasteiger partial charge in [-0.05, 0) is 31.6 Å². The van der Waals surface area contributed by atoms with Crippen LogP contribution in [0.25, 0.3) is 0 Å². The predicted octanol–water partition coefficient (Wildman–Crippen LogP) is 2.87. The summed E-state index contributed by atoms with van der Waals surface area (Å²) in [6.45, 7) is 4.59. The van der Waals surface area contributed by atoms with Gasteiger partial charge in [-0.15, -0.1) is 0 Å². The van der Waals surface area contributed by atoms with E-state index in [0.29, 0.717) is 0 Å². The molecule has 2 nitrogen and oxygen atoms in total. The van der Waals surface area contributed by atoms with Crippen LogP contribution in [0.1, 0.15) is 58.3 Å². The largest absolute Gasteiger partial charge is 0.366 e.